The SMILES string of the molecule is CC(C(=O)c1ccccc1)N1CCCCC1C(N)=O. The number of nitrogens with two attached hydrogens (primary N) is 1. The number of amides is 1. The average molecular weight is 260 g/mol. The summed E-state index contributed by atoms with van der Waals surface area (Å²) in [5, 5.41) is 0. The van der Waals surface area contributed by atoms with E-state index in [4.69, 9.17) is 5.73 Å². The lowest BCUT2D eigenvalue weighted by Gasteiger charge is -2.37. The van der Waals surface area contributed by atoms with Gasteiger partial charge in [0.25, 0.3) is 0 Å². The Morgan fingerprint density at radius 2 is 1.95 bits per heavy atom. The van der Waals surface area contributed by atoms with Crippen LogP contribution in [0.5, 0.6) is 0 Å². The normalized spacial score (nSPS) is 21.8. The number of rotatable bonds is 4. The maximum Gasteiger partial charge on any atom is 0.234 e. The molecule has 2 atom stereocenters. The van der Waals surface area contributed by atoms with Gasteiger partial charge in [-0.25, -0.2) is 0 Å². The van der Waals surface area contributed by atoms with Crippen molar-refractivity contribution in [1.82, 2.24) is 4.90 Å². The van der Waals surface area contributed by atoms with E-state index in [1.807, 2.05) is 42.2 Å². The zero-order chi connectivity index (χ0) is 13.8. The van der Waals surface area contributed by atoms with E-state index in [9.17, 15) is 9.59 Å². The summed E-state index contributed by atoms with van der Waals surface area (Å²) >= 11 is 0. The minimum atomic E-state index is -0.326. The lowest BCUT2D eigenvalue weighted by molar-refractivity contribution is -0.124. The van der Waals surface area contributed by atoms with Crippen molar-refractivity contribution in [2.24, 2.45) is 5.73 Å². The first-order valence-electron chi connectivity index (χ1n) is 6.75. The molecule has 1 saturated heterocycles. The number of benzene rings is 1. The molecule has 4 heteroatoms. The molecule has 0 saturated carbocycles. The highest BCUT2D eigenvalue weighted by atomic mass is 16.1. The fraction of sp³-hybridized carbons (Fsp3) is 0.467. The van der Waals surface area contributed by atoms with Crippen LogP contribution < -0.4 is 5.73 Å². The van der Waals surface area contributed by atoms with E-state index >= 15 is 0 Å². The molecule has 1 heterocycles. The van der Waals surface area contributed by atoms with Crippen molar-refractivity contribution in [2.45, 2.75) is 38.3 Å². The van der Waals surface area contributed by atoms with Crippen LogP contribution in [-0.2, 0) is 4.79 Å². The van der Waals surface area contributed by atoms with Gasteiger partial charge in [0.05, 0.1) is 12.1 Å². The predicted octanol–water partition coefficient (Wildman–Crippen LogP) is 1.60. The zero-order valence-corrected chi connectivity index (χ0v) is 11.2. The fourth-order valence-electron chi connectivity index (χ4n) is 2.72. The van der Waals surface area contributed by atoms with Crippen LogP contribution in [0, 0.1) is 0 Å². The van der Waals surface area contributed by atoms with Gasteiger partial charge in [0.15, 0.2) is 5.78 Å². The maximum absolute atomic E-state index is 12.4. The van der Waals surface area contributed by atoms with Gasteiger partial charge in [-0.2, -0.15) is 0 Å². The second kappa shape index (κ2) is 5.97. The second-order valence-electron chi connectivity index (χ2n) is 5.06. The first-order chi connectivity index (χ1) is 9.11. The molecule has 2 N–H and O–H groups in total. The predicted molar refractivity (Wildman–Crippen MR) is 73.8 cm³/mol. The quantitative estimate of drug-likeness (QED) is 0.836. The van der Waals surface area contributed by atoms with Crippen LogP contribution in [0.25, 0.3) is 0 Å². The van der Waals surface area contributed by atoms with Crippen molar-refractivity contribution >= 4 is 11.7 Å². The van der Waals surface area contributed by atoms with Crippen molar-refractivity contribution in [3.8, 4) is 0 Å². The largest absolute Gasteiger partial charge is 0.368 e. The van der Waals surface area contributed by atoms with Crippen LogP contribution in [0.15, 0.2) is 30.3 Å². The zero-order valence-electron chi connectivity index (χ0n) is 11.2. The van der Waals surface area contributed by atoms with Gasteiger partial charge in [-0.3, -0.25) is 14.5 Å². The summed E-state index contributed by atoms with van der Waals surface area (Å²) in [4.78, 5) is 25.9. The van der Waals surface area contributed by atoms with Crippen LogP contribution in [0.4, 0.5) is 0 Å². The van der Waals surface area contributed by atoms with Gasteiger partial charge in [0, 0.05) is 5.56 Å². The number of primary amides is 1. The van der Waals surface area contributed by atoms with Crippen LogP contribution in [0.3, 0.4) is 0 Å². The molecule has 0 spiro atoms. The average Bonchev–Trinajstić information content (AvgIpc) is 2.46. The molecule has 0 radical (unpaired) electrons. The first-order valence-corrected chi connectivity index (χ1v) is 6.75. The molecule has 1 aliphatic heterocycles. The molecule has 0 aliphatic carbocycles. The molecule has 0 bridgehead atoms. The Morgan fingerprint density at radius 1 is 1.26 bits per heavy atom. The molecule has 1 aliphatic rings. The van der Waals surface area contributed by atoms with E-state index in [0.717, 1.165) is 25.8 Å². The summed E-state index contributed by atoms with van der Waals surface area (Å²) in [6, 6.07) is 8.58. The molecule has 1 aromatic rings. The Labute approximate surface area is 113 Å². The van der Waals surface area contributed by atoms with Crippen LogP contribution in [0.1, 0.15) is 36.5 Å². The number of nitrogens with zero attached hydrogens (tertiary/aromatic N) is 1. The molecule has 19 heavy (non-hydrogen) atoms. The number of carbonyl (C=O) groups is 2. The molecular weight excluding hydrogens is 240 g/mol. The molecule has 102 valence electrons. The molecule has 2 rings (SSSR count). The minimum absolute atomic E-state index is 0.0498. The number of hydrogen-bond donors (Lipinski definition) is 1. The van der Waals surface area contributed by atoms with E-state index < -0.39 is 0 Å². The molecule has 4 nitrogen and oxygen atoms in total. The smallest absolute Gasteiger partial charge is 0.234 e. The van der Waals surface area contributed by atoms with Crippen molar-refractivity contribution in [3.63, 3.8) is 0 Å². The summed E-state index contributed by atoms with van der Waals surface area (Å²) in [5.41, 5.74) is 6.13. The highest BCUT2D eigenvalue weighted by Gasteiger charge is 2.33. The van der Waals surface area contributed by atoms with Gasteiger partial charge in [-0.1, -0.05) is 36.8 Å². The standard InChI is InChI=1S/C15H20N2O2/c1-11(14(18)12-7-3-2-4-8-12)17-10-6-5-9-13(17)15(16)19/h2-4,7-8,11,13H,5-6,9-10H2,1H3,(H2,16,19). The fourth-order valence-corrected chi connectivity index (χ4v) is 2.72. The van der Waals surface area contributed by atoms with E-state index in [-0.39, 0.29) is 23.8 Å². The topological polar surface area (TPSA) is 63.4 Å². The highest BCUT2D eigenvalue weighted by Crippen LogP contribution is 2.21. The molecule has 0 aromatic heterocycles. The lowest BCUT2D eigenvalue weighted by atomic mass is 9.96. The molecule has 1 amide bonds. The third kappa shape index (κ3) is 3.01. The summed E-state index contributed by atoms with van der Waals surface area (Å²) in [5.74, 6) is -0.277. The van der Waals surface area contributed by atoms with Gasteiger partial charge in [-0.15, -0.1) is 0 Å². The Morgan fingerprint density at radius 3 is 2.58 bits per heavy atom. The van der Waals surface area contributed by atoms with Gasteiger partial charge >= 0.3 is 0 Å². The van der Waals surface area contributed by atoms with E-state index in [1.165, 1.54) is 0 Å². The Hall–Kier alpha value is -1.68. The number of hydrogen-bond acceptors (Lipinski definition) is 3. The highest BCUT2D eigenvalue weighted by molar-refractivity contribution is 6.00. The minimum Gasteiger partial charge on any atom is -0.368 e. The van der Waals surface area contributed by atoms with Gasteiger partial charge in [-0.05, 0) is 26.3 Å². The number of ketones is 1. The first kappa shape index (κ1) is 13.7. The van der Waals surface area contributed by atoms with Gasteiger partial charge < -0.3 is 5.73 Å². The number of likely N-dealkylation sites (tertiary alicyclic amines) is 1. The molecule has 1 fully saturated rings. The van der Waals surface area contributed by atoms with E-state index in [1.54, 1.807) is 0 Å². The summed E-state index contributed by atoms with van der Waals surface area (Å²) in [6.07, 6.45) is 2.76. The number of piperidine rings is 1. The monoisotopic (exact) mass is 260 g/mol. The van der Waals surface area contributed by atoms with Crippen LogP contribution >= 0.6 is 0 Å². The lowest BCUT2D eigenvalue weighted by Crippen LogP contribution is -2.53. The molecule has 2 unspecified atom stereocenters. The molecular formula is C15H20N2O2. The third-order valence-electron chi connectivity index (χ3n) is 3.81. The van der Waals surface area contributed by atoms with Crippen molar-refractivity contribution in [1.29, 1.82) is 0 Å². The van der Waals surface area contributed by atoms with Crippen LogP contribution in [-0.4, -0.2) is 35.2 Å². The molecule has 1 aromatic carbocycles. The Kier molecular flexibility index (Phi) is 4.32. The van der Waals surface area contributed by atoms with Crippen LogP contribution in [0.2, 0.25) is 0 Å². The Bertz CT molecular complexity index is 458. The van der Waals surface area contributed by atoms with Crippen molar-refractivity contribution in [3.05, 3.63) is 35.9 Å². The summed E-state index contributed by atoms with van der Waals surface area (Å²) in [7, 11) is 0. The van der Waals surface area contributed by atoms with E-state index in [2.05, 4.69) is 0 Å². The third-order valence-corrected chi connectivity index (χ3v) is 3.81. The van der Waals surface area contributed by atoms with Gasteiger partial charge in [0.1, 0.15) is 0 Å². The summed E-state index contributed by atoms with van der Waals surface area (Å²) in [6.45, 7) is 2.62. The summed E-state index contributed by atoms with van der Waals surface area (Å²) < 4.78 is 0. The second-order valence-corrected chi connectivity index (χ2v) is 5.06. The Balaban J connectivity index is 2.15. The maximum atomic E-state index is 12.4. The van der Waals surface area contributed by atoms with Crippen molar-refractivity contribution in [2.75, 3.05) is 6.54 Å². The number of Topliss-reactive ketones (excluding diaryl/α,β-unsaturated/α-hetero) is 1. The van der Waals surface area contributed by atoms with E-state index in [0.29, 0.717) is 5.56 Å². The van der Waals surface area contributed by atoms with Crippen molar-refractivity contribution < 1.29 is 9.59 Å². The number of carbonyl (C=O) groups excluding carboxylic acids is 2. The van der Waals surface area contributed by atoms with Gasteiger partial charge in [0.2, 0.25) is 5.91 Å².